The molecule has 0 radical (unpaired) electrons. The minimum Gasteiger partial charge on any atom is -0.507 e. The van der Waals surface area contributed by atoms with Gasteiger partial charge in [0, 0.05) is 6.04 Å². The van der Waals surface area contributed by atoms with Crippen LogP contribution < -0.4 is 0 Å². The number of phenols is 2. The SMILES string of the molecule is Cc1ccc2c(c1)nc(-c1c(O)cccc1O)n2C1CC1. The number of fused-ring (bicyclic) bond motifs is 1. The van der Waals surface area contributed by atoms with E-state index in [4.69, 9.17) is 0 Å². The number of benzene rings is 2. The summed E-state index contributed by atoms with van der Waals surface area (Å²) in [6, 6.07) is 11.4. The number of hydrogen-bond acceptors (Lipinski definition) is 3. The number of aromatic nitrogens is 2. The average molecular weight is 280 g/mol. The zero-order chi connectivity index (χ0) is 14.6. The van der Waals surface area contributed by atoms with Gasteiger partial charge in [-0.2, -0.15) is 0 Å². The van der Waals surface area contributed by atoms with Crippen LogP contribution in [0.15, 0.2) is 36.4 Å². The molecular formula is C17H16N2O2. The van der Waals surface area contributed by atoms with E-state index in [-0.39, 0.29) is 11.5 Å². The second-order valence-electron chi connectivity index (χ2n) is 5.70. The number of hydrogen-bond donors (Lipinski definition) is 2. The Morgan fingerprint density at radius 3 is 2.48 bits per heavy atom. The lowest BCUT2D eigenvalue weighted by Gasteiger charge is -2.10. The number of aryl methyl sites for hydroxylation is 1. The lowest BCUT2D eigenvalue weighted by Crippen LogP contribution is -1.97. The molecule has 2 aromatic carbocycles. The van der Waals surface area contributed by atoms with Crippen molar-refractivity contribution in [1.82, 2.24) is 9.55 Å². The van der Waals surface area contributed by atoms with Gasteiger partial charge in [0.2, 0.25) is 0 Å². The summed E-state index contributed by atoms with van der Waals surface area (Å²) in [6.07, 6.45) is 2.22. The highest BCUT2D eigenvalue weighted by molar-refractivity contribution is 5.84. The maximum atomic E-state index is 10.1. The molecule has 1 saturated carbocycles. The third-order valence-corrected chi connectivity index (χ3v) is 4.00. The van der Waals surface area contributed by atoms with Gasteiger partial charge in [-0.1, -0.05) is 12.1 Å². The van der Waals surface area contributed by atoms with Crippen LogP contribution in [0, 0.1) is 6.92 Å². The summed E-state index contributed by atoms with van der Waals surface area (Å²) in [5, 5.41) is 20.3. The van der Waals surface area contributed by atoms with Crippen molar-refractivity contribution in [2.75, 3.05) is 0 Å². The molecule has 2 N–H and O–H groups in total. The minimum atomic E-state index is 0.0592. The number of nitrogens with zero attached hydrogens (tertiary/aromatic N) is 2. The molecule has 21 heavy (non-hydrogen) atoms. The highest BCUT2D eigenvalue weighted by atomic mass is 16.3. The van der Waals surface area contributed by atoms with Crippen molar-refractivity contribution in [3.05, 3.63) is 42.0 Å². The third-order valence-electron chi connectivity index (χ3n) is 4.00. The first-order valence-electron chi connectivity index (χ1n) is 7.15. The zero-order valence-electron chi connectivity index (χ0n) is 11.7. The van der Waals surface area contributed by atoms with Crippen molar-refractivity contribution in [3.8, 4) is 22.9 Å². The third kappa shape index (κ3) is 1.87. The van der Waals surface area contributed by atoms with Gasteiger partial charge >= 0.3 is 0 Å². The Kier molecular flexibility index (Phi) is 2.48. The van der Waals surface area contributed by atoms with Gasteiger partial charge in [-0.25, -0.2) is 4.98 Å². The Bertz CT molecular complexity index is 827. The van der Waals surface area contributed by atoms with Gasteiger partial charge in [0.25, 0.3) is 0 Å². The van der Waals surface area contributed by atoms with Crippen LogP contribution in [-0.4, -0.2) is 19.8 Å². The van der Waals surface area contributed by atoms with Gasteiger partial charge in [-0.05, 0) is 49.6 Å². The monoisotopic (exact) mass is 280 g/mol. The molecule has 1 fully saturated rings. The van der Waals surface area contributed by atoms with Crippen molar-refractivity contribution in [2.24, 2.45) is 0 Å². The van der Waals surface area contributed by atoms with Gasteiger partial charge in [-0.15, -0.1) is 0 Å². The van der Waals surface area contributed by atoms with E-state index >= 15 is 0 Å². The summed E-state index contributed by atoms with van der Waals surface area (Å²) in [5.74, 6) is 0.765. The largest absolute Gasteiger partial charge is 0.507 e. The summed E-state index contributed by atoms with van der Waals surface area (Å²) in [6.45, 7) is 2.03. The van der Waals surface area contributed by atoms with Gasteiger partial charge in [-0.3, -0.25) is 0 Å². The van der Waals surface area contributed by atoms with Crippen LogP contribution in [0.3, 0.4) is 0 Å². The second kappa shape index (κ2) is 4.25. The van der Waals surface area contributed by atoms with Crippen LogP contribution in [0.4, 0.5) is 0 Å². The van der Waals surface area contributed by atoms with Crippen molar-refractivity contribution < 1.29 is 10.2 Å². The summed E-state index contributed by atoms with van der Waals surface area (Å²) in [4.78, 5) is 4.67. The Morgan fingerprint density at radius 1 is 1.10 bits per heavy atom. The predicted molar refractivity (Wildman–Crippen MR) is 81.5 cm³/mol. The highest BCUT2D eigenvalue weighted by Crippen LogP contribution is 2.45. The fourth-order valence-electron chi connectivity index (χ4n) is 2.84. The standard InChI is InChI=1S/C17H16N2O2/c1-10-5-8-13-12(9-10)18-17(19(13)11-6-7-11)16-14(20)3-2-4-15(16)21/h2-5,8-9,11,20-21H,6-7H2,1H3. The number of phenolic OH excluding ortho intramolecular Hbond substituents is 2. The fraction of sp³-hybridized carbons (Fsp3) is 0.235. The molecule has 0 spiro atoms. The molecule has 1 aliphatic rings. The van der Waals surface area contributed by atoms with Crippen LogP contribution in [0.5, 0.6) is 11.5 Å². The molecule has 0 amide bonds. The maximum Gasteiger partial charge on any atom is 0.148 e. The lowest BCUT2D eigenvalue weighted by molar-refractivity contribution is 0.453. The molecule has 1 aliphatic carbocycles. The van der Waals surface area contributed by atoms with E-state index in [9.17, 15) is 10.2 Å². The molecule has 4 heteroatoms. The summed E-state index contributed by atoms with van der Waals surface area (Å²) >= 11 is 0. The molecule has 106 valence electrons. The number of rotatable bonds is 2. The minimum absolute atomic E-state index is 0.0592. The molecule has 0 aliphatic heterocycles. The average Bonchev–Trinajstić information content (AvgIpc) is 3.20. The zero-order valence-corrected chi connectivity index (χ0v) is 11.7. The van der Waals surface area contributed by atoms with E-state index in [0.29, 0.717) is 17.4 Å². The topological polar surface area (TPSA) is 58.3 Å². The van der Waals surface area contributed by atoms with Crippen LogP contribution >= 0.6 is 0 Å². The van der Waals surface area contributed by atoms with Gasteiger partial charge < -0.3 is 14.8 Å². The van der Waals surface area contributed by atoms with E-state index in [1.807, 2.05) is 13.0 Å². The van der Waals surface area contributed by atoms with Crippen molar-refractivity contribution in [1.29, 1.82) is 0 Å². The first-order chi connectivity index (χ1) is 10.1. The normalized spacial score (nSPS) is 14.7. The smallest absolute Gasteiger partial charge is 0.148 e. The number of aromatic hydroxyl groups is 2. The second-order valence-corrected chi connectivity index (χ2v) is 5.70. The van der Waals surface area contributed by atoms with E-state index in [0.717, 1.165) is 29.4 Å². The maximum absolute atomic E-state index is 10.1. The molecule has 0 saturated heterocycles. The molecule has 1 aromatic heterocycles. The van der Waals surface area contributed by atoms with E-state index in [1.165, 1.54) is 0 Å². The Morgan fingerprint density at radius 2 is 1.81 bits per heavy atom. The lowest BCUT2D eigenvalue weighted by atomic mass is 10.1. The first-order valence-corrected chi connectivity index (χ1v) is 7.15. The van der Waals surface area contributed by atoms with E-state index < -0.39 is 0 Å². The quantitative estimate of drug-likeness (QED) is 0.751. The molecule has 3 aromatic rings. The van der Waals surface area contributed by atoms with Gasteiger partial charge in [0.1, 0.15) is 22.9 Å². The van der Waals surface area contributed by atoms with Crippen LogP contribution in [0.2, 0.25) is 0 Å². The Labute approximate surface area is 122 Å². The van der Waals surface area contributed by atoms with Crippen molar-refractivity contribution in [3.63, 3.8) is 0 Å². The Balaban J connectivity index is 2.06. The number of imidazole rings is 1. The highest BCUT2D eigenvalue weighted by Gasteiger charge is 2.30. The predicted octanol–water partition coefficient (Wildman–Crippen LogP) is 3.76. The van der Waals surface area contributed by atoms with Crippen LogP contribution in [-0.2, 0) is 0 Å². The molecule has 4 rings (SSSR count). The summed E-state index contributed by atoms with van der Waals surface area (Å²) in [7, 11) is 0. The van der Waals surface area contributed by atoms with Gasteiger partial charge in [0.05, 0.1) is 11.0 Å². The van der Waals surface area contributed by atoms with Crippen molar-refractivity contribution >= 4 is 11.0 Å². The molecule has 0 unspecified atom stereocenters. The molecule has 0 atom stereocenters. The van der Waals surface area contributed by atoms with Crippen LogP contribution in [0.25, 0.3) is 22.4 Å². The summed E-state index contributed by atoms with van der Waals surface area (Å²) in [5.41, 5.74) is 3.52. The molecule has 0 bridgehead atoms. The first kappa shape index (κ1) is 12.3. The van der Waals surface area contributed by atoms with Crippen LogP contribution in [0.1, 0.15) is 24.4 Å². The van der Waals surface area contributed by atoms with E-state index in [1.54, 1.807) is 18.2 Å². The van der Waals surface area contributed by atoms with Crippen molar-refractivity contribution in [2.45, 2.75) is 25.8 Å². The molecular weight excluding hydrogens is 264 g/mol. The Hall–Kier alpha value is -2.49. The fourth-order valence-corrected chi connectivity index (χ4v) is 2.84. The molecule has 1 heterocycles. The molecule has 4 nitrogen and oxygen atoms in total. The summed E-state index contributed by atoms with van der Waals surface area (Å²) < 4.78 is 2.14. The van der Waals surface area contributed by atoms with E-state index in [2.05, 4.69) is 21.7 Å². The van der Waals surface area contributed by atoms with Gasteiger partial charge in [0.15, 0.2) is 0 Å².